The van der Waals surface area contributed by atoms with E-state index in [4.69, 9.17) is 4.74 Å². The molecule has 4 nitrogen and oxygen atoms in total. The van der Waals surface area contributed by atoms with Crippen LogP contribution in [-0.2, 0) is 4.74 Å². The molecule has 144 valence electrons. The number of ether oxygens (including phenoxy) is 1. The van der Waals surface area contributed by atoms with Crippen LogP contribution in [0.25, 0.3) is 0 Å². The summed E-state index contributed by atoms with van der Waals surface area (Å²) >= 11 is 0. The summed E-state index contributed by atoms with van der Waals surface area (Å²) in [6, 6.07) is 0.199. The molecule has 6 atom stereocenters. The number of hydrogen-bond acceptors (Lipinski definition) is 4. The van der Waals surface area contributed by atoms with E-state index in [0.717, 1.165) is 50.4 Å². The Morgan fingerprint density at radius 1 is 1.35 bits per heavy atom. The van der Waals surface area contributed by atoms with Gasteiger partial charge in [-0.05, 0) is 63.5 Å². The Morgan fingerprint density at radius 3 is 2.85 bits per heavy atom. The highest BCUT2D eigenvalue weighted by atomic mass is 16.5. The standard InChI is InChI=1S/C22H33NO3/c1-3-5-18-22-10-11-23(13-14-6-4-7-14)17(21(22,2)25)12-15-8-9-16(24)20(26-18)19(15)22/h8-9,14-15,17-19,24-25H,3-7,10-13H2,1-2H3/t15?,17-,18+,19?,21-,22-/m1/s1. The predicted molar refractivity (Wildman–Crippen MR) is 101 cm³/mol. The smallest absolute Gasteiger partial charge is 0.153 e. The van der Waals surface area contributed by atoms with Crippen molar-refractivity contribution >= 4 is 0 Å². The second-order valence-electron chi connectivity index (χ2n) is 9.63. The normalized spacial score (nSPS) is 47.5. The maximum absolute atomic E-state index is 12.0. The van der Waals surface area contributed by atoms with Gasteiger partial charge in [-0.1, -0.05) is 25.8 Å². The monoisotopic (exact) mass is 359 g/mol. The molecule has 4 fully saturated rings. The third kappa shape index (κ3) is 2.03. The Bertz CT molecular complexity index is 650. The zero-order valence-corrected chi connectivity index (χ0v) is 16.2. The van der Waals surface area contributed by atoms with Gasteiger partial charge in [0.2, 0.25) is 0 Å². The van der Waals surface area contributed by atoms with Crippen molar-refractivity contribution in [2.75, 3.05) is 13.1 Å². The van der Waals surface area contributed by atoms with Gasteiger partial charge in [-0.2, -0.15) is 0 Å². The molecule has 2 unspecified atom stereocenters. The number of rotatable bonds is 4. The molecule has 2 saturated heterocycles. The second-order valence-corrected chi connectivity index (χ2v) is 9.63. The fraction of sp³-hybridized carbons (Fsp3) is 0.818. The highest BCUT2D eigenvalue weighted by Crippen LogP contribution is 2.67. The van der Waals surface area contributed by atoms with Gasteiger partial charge in [-0.25, -0.2) is 0 Å². The number of aliphatic hydroxyl groups excluding tert-OH is 1. The molecule has 2 heterocycles. The van der Waals surface area contributed by atoms with Crippen molar-refractivity contribution in [2.24, 2.45) is 23.2 Å². The molecule has 26 heavy (non-hydrogen) atoms. The van der Waals surface area contributed by atoms with Gasteiger partial charge < -0.3 is 14.9 Å². The zero-order valence-electron chi connectivity index (χ0n) is 16.2. The van der Waals surface area contributed by atoms with Crippen molar-refractivity contribution in [3.8, 4) is 0 Å². The fourth-order valence-corrected chi connectivity index (χ4v) is 6.99. The summed E-state index contributed by atoms with van der Waals surface area (Å²) in [5.74, 6) is 2.39. The molecule has 2 saturated carbocycles. The maximum atomic E-state index is 12.0. The van der Waals surface area contributed by atoms with E-state index in [9.17, 15) is 10.2 Å². The lowest BCUT2D eigenvalue weighted by Crippen LogP contribution is -2.73. The van der Waals surface area contributed by atoms with Crippen LogP contribution in [0.5, 0.6) is 0 Å². The van der Waals surface area contributed by atoms with Gasteiger partial charge in [0.15, 0.2) is 5.76 Å². The largest absolute Gasteiger partial charge is 0.504 e. The summed E-state index contributed by atoms with van der Waals surface area (Å²) in [6.07, 6.45) is 12.0. The minimum absolute atomic E-state index is 0.0145. The van der Waals surface area contributed by atoms with Gasteiger partial charge in [0.1, 0.15) is 11.9 Å². The lowest BCUT2D eigenvalue weighted by molar-refractivity contribution is -0.226. The molecule has 1 spiro atoms. The van der Waals surface area contributed by atoms with Gasteiger partial charge in [-0.3, -0.25) is 4.90 Å². The highest BCUT2D eigenvalue weighted by molar-refractivity contribution is 5.36. The van der Waals surface area contributed by atoms with E-state index in [-0.39, 0.29) is 29.2 Å². The Kier molecular flexibility index (Phi) is 3.78. The summed E-state index contributed by atoms with van der Waals surface area (Å²) in [5.41, 5.74) is -1.04. The second kappa shape index (κ2) is 5.75. The van der Waals surface area contributed by atoms with Crippen molar-refractivity contribution in [3.63, 3.8) is 0 Å². The van der Waals surface area contributed by atoms with Crippen LogP contribution in [0.1, 0.15) is 58.8 Å². The summed E-state index contributed by atoms with van der Waals surface area (Å²) in [4.78, 5) is 2.60. The molecule has 3 aliphatic carbocycles. The molecule has 4 heteroatoms. The molecule has 0 aromatic rings. The van der Waals surface area contributed by atoms with Gasteiger partial charge in [0.05, 0.1) is 5.60 Å². The van der Waals surface area contributed by atoms with E-state index >= 15 is 0 Å². The zero-order chi connectivity index (χ0) is 18.1. The molecule has 0 amide bonds. The molecular weight excluding hydrogens is 326 g/mol. The van der Waals surface area contributed by atoms with Gasteiger partial charge in [-0.15, -0.1) is 0 Å². The Morgan fingerprint density at radius 2 is 2.15 bits per heavy atom. The van der Waals surface area contributed by atoms with E-state index in [2.05, 4.69) is 24.8 Å². The first-order valence-corrected chi connectivity index (χ1v) is 10.7. The van der Waals surface area contributed by atoms with Gasteiger partial charge in [0, 0.05) is 23.9 Å². The van der Waals surface area contributed by atoms with E-state index < -0.39 is 5.60 Å². The predicted octanol–water partition coefficient (Wildman–Crippen LogP) is 3.77. The van der Waals surface area contributed by atoms with Gasteiger partial charge in [0.25, 0.3) is 0 Å². The van der Waals surface area contributed by atoms with Crippen LogP contribution < -0.4 is 0 Å². The average Bonchev–Trinajstić information content (AvgIpc) is 2.88. The van der Waals surface area contributed by atoms with Crippen LogP contribution in [0.2, 0.25) is 0 Å². The van der Waals surface area contributed by atoms with E-state index in [1.165, 1.54) is 19.3 Å². The number of fused-ring (bicyclic) bond motifs is 1. The molecule has 2 bridgehead atoms. The Hall–Kier alpha value is -1.00. The molecule has 5 rings (SSSR count). The SMILES string of the molecule is CCC[C@@H]1OC2=C(O)C=CC3C[C@H]4N(CC5CCC5)CC[C@@]1(C23)[C@]4(C)O. The van der Waals surface area contributed by atoms with Crippen LogP contribution in [0, 0.1) is 23.2 Å². The summed E-state index contributed by atoms with van der Waals surface area (Å²) < 4.78 is 6.39. The molecule has 2 aliphatic heterocycles. The van der Waals surface area contributed by atoms with Crippen molar-refractivity contribution in [3.05, 3.63) is 23.7 Å². The van der Waals surface area contributed by atoms with E-state index in [0.29, 0.717) is 5.92 Å². The van der Waals surface area contributed by atoms with Crippen LogP contribution in [-0.4, -0.2) is 45.9 Å². The first-order chi connectivity index (χ1) is 12.5. The molecular formula is C22H33NO3. The number of aliphatic hydroxyl groups is 2. The first-order valence-electron chi connectivity index (χ1n) is 10.7. The van der Waals surface area contributed by atoms with E-state index in [1.807, 2.05) is 6.08 Å². The average molecular weight is 360 g/mol. The maximum Gasteiger partial charge on any atom is 0.153 e. The minimum atomic E-state index is -0.775. The van der Waals surface area contributed by atoms with Crippen LogP contribution in [0.3, 0.4) is 0 Å². The molecule has 2 N–H and O–H groups in total. The summed E-state index contributed by atoms with van der Waals surface area (Å²) in [5, 5.41) is 22.4. The Labute approximate surface area is 156 Å². The highest BCUT2D eigenvalue weighted by Gasteiger charge is 2.72. The number of hydrogen-bond donors (Lipinski definition) is 2. The minimum Gasteiger partial charge on any atom is -0.504 e. The third-order valence-electron chi connectivity index (χ3n) is 8.47. The first kappa shape index (κ1) is 17.1. The van der Waals surface area contributed by atoms with E-state index in [1.54, 1.807) is 0 Å². The number of piperidine rings is 1. The van der Waals surface area contributed by atoms with Crippen molar-refractivity contribution in [1.29, 1.82) is 0 Å². The molecule has 0 aromatic heterocycles. The lowest BCUT2D eigenvalue weighted by atomic mass is 9.47. The lowest BCUT2D eigenvalue weighted by Gasteiger charge is -2.63. The fourth-order valence-electron chi connectivity index (χ4n) is 6.99. The molecule has 0 radical (unpaired) electrons. The van der Waals surface area contributed by atoms with Crippen LogP contribution in [0.15, 0.2) is 23.7 Å². The van der Waals surface area contributed by atoms with Crippen LogP contribution in [0.4, 0.5) is 0 Å². The Balaban J connectivity index is 1.56. The van der Waals surface area contributed by atoms with Crippen molar-refractivity contribution in [1.82, 2.24) is 4.90 Å². The number of nitrogens with zero attached hydrogens (tertiary/aromatic N) is 1. The third-order valence-corrected chi connectivity index (χ3v) is 8.47. The number of allylic oxidation sites excluding steroid dienone is 3. The van der Waals surface area contributed by atoms with Crippen LogP contribution >= 0.6 is 0 Å². The summed E-state index contributed by atoms with van der Waals surface area (Å²) in [6.45, 7) is 6.46. The van der Waals surface area contributed by atoms with Crippen molar-refractivity contribution < 1.29 is 14.9 Å². The topological polar surface area (TPSA) is 52.9 Å². The summed E-state index contributed by atoms with van der Waals surface area (Å²) in [7, 11) is 0. The quantitative estimate of drug-likeness (QED) is 0.802. The van der Waals surface area contributed by atoms with Crippen molar-refractivity contribution in [2.45, 2.75) is 76.5 Å². The molecule has 5 aliphatic rings. The van der Waals surface area contributed by atoms with Gasteiger partial charge >= 0.3 is 0 Å². The molecule has 0 aromatic carbocycles. The number of likely N-dealkylation sites (tertiary alicyclic amines) is 1.